The van der Waals surface area contributed by atoms with Gasteiger partial charge in [0.1, 0.15) is 23.5 Å². The normalized spacial score (nSPS) is 11.6. The van der Waals surface area contributed by atoms with E-state index >= 15 is 0 Å². The number of anilines is 2. The molecule has 4 N–H and O–H groups in total. The summed E-state index contributed by atoms with van der Waals surface area (Å²) in [7, 11) is -4.40. The van der Waals surface area contributed by atoms with Gasteiger partial charge < -0.3 is 10.1 Å². The minimum absolute atomic E-state index is 0.0146. The molecule has 9 nitrogen and oxygen atoms in total. The second-order valence-electron chi connectivity index (χ2n) is 6.75. The highest BCUT2D eigenvalue weighted by Crippen LogP contribution is 2.29. The number of carbonyl (C=O) groups excluding carboxylic acids is 1. The SMILES string of the molecule is O=C(Nc1c(F)ccc(NS(=O)(=O)c2ccc(OC(F)F)cc2)c1F)c1cnc2[nH+]c[nH]c2c1. The number of ether oxygens (including phenoxy) is 1. The van der Waals surface area contributed by atoms with Crippen molar-refractivity contribution in [3.63, 3.8) is 0 Å². The van der Waals surface area contributed by atoms with E-state index in [1.54, 1.807) is 0 Å². The summed E-state index contributed by atoms with van der Waals surface area (Å²) in [4.78, 5) is 21.7. The van der Waals surface area contributed by atoms with Gasteiger partial charge >= 0.3 is 6.61 Å². The van der Waals surface area contributed by atoms with Crippen LogP contribution in [0.5, 0.6) is 5.75 Å². The third-order valence-corrected chi connectivity index (χ3v) is 5.90. The summed E-state index contributed by atoms with van der Waals surface area (Å²) in [5, 5.41) is 2.07. The zero-order valence-corrected chi connectivity index (χ0v) is 17.6. The zero-order chi connectivity index (χ0) is 24.5. The van der Waals surface area contributed by atoms with Crippen LogP contribution in [-0.2, 0) is 10.0 Å². The molecule has 2 aromatic carbocycles. The number of alkyl halides is 2. The fourth-order valence-corrected chi connectivity index (χ4v) is 3.99. The van der Waals surface area contributed by atoms with Gasteiger partial charge in [0.15, 0.2) is 17.7 Å². The van der Waals surface area contributed by atoms with Crippen LogP contribution >= 0.6 is 0 Å². The molecule has 0 bridgehead atoms. The number of nitrogens with zero attached hydrogens (tertiary/aromatic N) is 1. The number of rotatable bonds is 7. The van der Waals surface area contributed by atoms with Crippen LogP contribution in [-0.4, -0.2) is 30.9 Å². The van der Waals surface area contributed by atoms with Crippen molar-refractivity contribution in [2.45, 2.75) is 11.5 Å². The van der Waals surface area contributed by atoms with Gasteiger partial charge in [-0.05, 0) is 42.5 Å². The Hall–Kier alpha value is -4.20. The molecule has 0 aliphatic carbocycles. The number of benzene rings is 2. The molecule has 4 aromatic rings. The van der Waals surface area contributed by atoms with E-state index < -0.39 is 50.4 Å². The minimum Gasteiger partial charge on any atom is -0.435 e. The Morgan fingerprint density at radius 3 is 2.56 bits per heavy atom. The Balaban J connectivity index is 1.57. The molecule has 2 aromatic heterocycles. The molecule has 0 saturated carbocycles. The first kappa shape index (κ1) is 23.0. The third-order valence-electron chi connectivity index (χ3n) is 4.52. The maximum Gasteiger partial charge on any atom is 0.387 e. The average Bonchev–Trinajstić information content (AvgIpc) is 3.26. The van der Waals surface area contributed by atoms with E-state index in [1.807, 2.05) is 4.72 Å². The van der Waals surface area contributed by atoms with Crippen LogP contribution in [0, 0.1) is 11.6 Å². The monoisotopic (exact) mass is 496 g/mol. The van der Waals surface area contributed by atoms with Crippen LogP contribution < -0.4 is 19.8 Å². The highest BCUT2D eigenvalue weighted by atomic mass is 32.2. The van der Waals surface area contributed by atoms with Gasteiger partial charge in [0.05, 0.1) is 16.1 Å². The standard InChI is InChI=1S/C20H13F4N5O4S/c21-13-5-6-14(29-34(31,32)12-3-1-11(2-4-12)33-20(23)24)16(22)17(13)28-19(30)10-7-15-18(25-8-10)27-9-26-15/h1-9,20,29H,(H,28,30)(H,25,26,27)/p+1. The van der Waals surface area contributed by atoms with Gasteiger partial charge in [-0.15, -0.1) is 4.98 Å². The molecular weight excluding hydrogens is 482 g/mol. The fourth-order valence-electron chi connectivity index (χ4n) is 2.93. The Morgan fingerprint density at radius 1 is 1.12 bits per heavy atom. The summed E-state index contributed by atoms with van der Waals surface area (Å²) in [6.07, 6.45) is 2.67. The van der Waals surface area contributed by atoms with Crippen molar-refractivity contribution in [1.29, 1.82) is 0 Å². The Labute approximate surface area is 188 Å². The number of sulfonamides is 1. The molecule has 0 fully saturated rings. The number of aromatic amines is 2. The molecule has 176 valence electrons. The quantitative estimate of drug-likeness (QED) is 0.339. The predicted molar refractivity (Wildman–Crippen MR) is 111 cm³/mol. The van der Waals surface area contributed by atoms with Crippen LogP contribution in [0.25, 0.3) is 11.2 Å². The number of fused-ring (bicyclic) bond motifs is 1. The molecule has 0 aliphatic rings. The van der Waals surface area contributed by atoms with Crippen molar-refractivity contribution < 1.29 is 40.5 Å². The van der Waals surface area contributed by atoms with Crippen LogP contribution in [0.2, 0.25) is 0 Å². The van der Waals surface area contributed by atoms with Crippen LogP contribution in [0.3, 0.4) is 0 Å². The van der Waals surface area contributed by atoms with E-state index in [2.05, 4.69) is 25.0 Å². The first-order valence-corrected chi connectivity index (χ1v) is 10.8. The predicted octanol–water partition coefficient (Wildman–Crippen LogP) is 3.31. The zero-order valence-electron chi connectivity index (χ0n) is 16.8. The van der Waals surface area contributed by atoms with Crippen LogP contribution in [0.4, 0.5) is 28.9 Å². The van der Waals surface area contributed by atoms with E-state index in [9.17, 15) is 30.8 Å². The summed E-state index contributed by atoms with van der Waals surface area (Å²) >= 11 is 0. The first-order valence-electron chi connectivity index (χ1n) is 9.36. The van der Waals surface area contributed by atoms with Crippen molar-refractivity contribution in [1.82, 2.24) is 9.97 Å². The lowest BCUT2D eigenvalue weighted by molar-refractivity contribution is -0.347. The Kier molecular flexibility index (Phi) is 6.06. The van der Waals surface area contributed by atoms with E-state index in [1.165, 1.54) is 18.6 Å². The molecular formula is C20H14F4N5O4S+. The van der Waals surface area contributed by atoms with Crippen molar-refractivity contribution in [3.8, 4) is 5.75 Å². The fraction of sp³-hybridized carbons (Fsp3) is 0.0500. The number of nitrogens with one attached hydrogen (secondary N) is 4. The lowest BCUT2D eigenvalue weighted by atomic mass is 10.2. The summed E-state index contributed by atoms with van der Waals surface area (Å²) in [6, 6.07) is 6.89. The molecule has 1 amide bonds. The molecule has 0 unspecified atom stereocenters. The molecule has 0 aliphatic heterocycles. The van der Waals surface area contributed by atoms with Gasteiger partial charge in [-0.3, -0.25) is 14.5 Å². The second kappa shape index (κ2) is 8.97. The number of H-pyrrole nitrogens is 2. The van der Waals surface area contributed by atoms with Crippen molar-refractivity contribution in [3.05, 3.63) is 72.2 Å². The number of amides is 1. The van der Waals surface area contributed by atoms with E-state index in [0.29, 0.717) is 11.2 Å². The smallest absolute Gasteiger partial charge is 0.387 e. The lowest BCUT2D eigenvalue weighted by Gasteiger charge is -2.13. The van der Waals surface area contributed by atoms with E-state index in [0.717, 1.165) is 36.4 Å². The topological polar surface area (TPSA) is 127 Å². The summed E-state index contributed by atoms with van der Waals surface area (Å²) in [5.74, 6) is -3.70. The Bertz CT molecular complexity index is 1480. The number of imidazole rings is 1. The summed E-state index contributed by atoms with van der Waals surface area (Å²) in [5.41, 5.74) is -0.625. The van der Waals surface area contributed by atoms with E-state index in [-0.39, 0.29) is 11.3 Å². The number of halogens is 4. The van der Waals surface area contributed by atoms with Crippen molar-refractivity contribution in [2.24, 2.45) is 0 Å². The maximum absolute atomic E-state index is 15.0. The molecule has 0 spiro atoms. The molecule has 0 saturated heterocycles. The lowest BCUT2D eigenvalue weighted by Crippen LogP contribution is -2.18. The largest absolute Gasteiger partial charge is 0.435 e. The van der Waals surface area contributed by atoms with Gasteiger partial charge in [-0.2, -0.15) is 8.78 Å². The average molecular weight is 496 g/mol. The number of pyridine rings is 1. The maximum atomic E-state index is 15.0. The summed E-state index contributed by atoms with van der Waals surface area (Å²) < 4.78 is 84.9. The van der Waals surface area contributed by atoms with Gasteiger partial charge in [-0.1, -0.05) is 0 Å². The molecule has 0 radical (unpaired) electrons. The van der Waals surface area contributed by atoms with Gasteiger partial charge in [0, 0.05) is 0 Å². The molecule has 0 atom stereocenters. The molecule has 4 rings (SSSR count). The number of carbonyl (C=O) groups is 1. The van der Waals surface area contributed by atoms with Gasteiger partial charge in [-0.25, -0.2) is 22.2 Å². The van der Waals surface area contributed by atoms with Crippen LogP contribution in [0.1, 0.15) is 10.4 Å². The van der Waals surface area contributed by atoms with Crippen molar-refractivity contribution >= 4 is 38.5 Å². The van der Waals surface area contributed by atoms with Crippen LogP contribution in [0.15, 0.2) is 59.9 Å². The van der Waals surface area contributed by atoms with Gasteiger partial charge in [0.25, 0.3) is 21.6 Å². The number of hydrogen-bond donors (Lipinski definition) is 3. The molecule has 34 heavy (non-hydrogen) atoms. The molecule has 2 heterocycles. The third kappa shape index (κ3) is 4.76. The number of aromatic nitrogens is 3. The Morgan fingerprint density at radius 2 is 1.85 bits per heavy atom. The van der Waals surface area contributed by atoms with E-state index in [4.69, 9.17) is 0 Å². The molecule has 14 heteroatoms. The second-order valence-corrected chi connectivity index (χ2v) is 8.43. The highest BCUT2D eigenvalue weighted by molar-refractivity contribution is 7.92. The minimum atomic E-state index is -4.40. The van der Waals surface area contributed by atoms with Crippen molar-refractivity contribution in [2.75, 3.05) is 10.0 Å². The number of hydrogen-bond acceptors (Lipinski definition) is 5. The first-order chi connectivity index (χ1) is 16.1. The summed E-state index contributed by atoms with van der Waals surface area (Å²) in [6.45, 7) is -3.10. The highest BCUT2D eigenvalue weighted by Gasteiger charge is 2.22. The van der Waals surface area contributed by atoms with Gasteiger partial charge in [0.2, 0.25) is 0 Å².